The minimum Gasteiger partial charge on any atom is -0.315 e. The molecule has 1 aliphatic heterocycles. The Labute approximate surface area is 116 Å². The smallest absolute Gasteiger partial charge is 0.123 e. The molecule has 0 radical (unpaired) electrons. The molecule has 1 N–H and O–H groups in total. The Morgan fingerprint density at radius 3 is 2.32 bits per heavy atom. The molecule has 0 aromatic heterocycles. The zero-order chi connectivity index (χ0) is 13.9. The third kappa shape index (κ3) is 3.34. The van der Waals surface area contributed by atoms with Gasteiger partial charge in [0, 0.05) is 11.6 Å². The van der Waals surface area contributed by atoms with E-state index in [1.54, 1.807) is 12.1 Å². The van der Waals surface area contributed by atoms with Crippen LogP contribution in [0.1, 0.15) is 32.3 Å². The van der Waals surface area contributed by atoms with E-state index in [1.165, 1.54) is 31.5 Å². The van der Waals surface area contributed by atoms with Crippen LogP contribution < -0.4 is 5.32 Å². The van der Waals surface area contributed by atoms with E-state index in [-0.39, 0.29) is 11.4 Å². The Morgan fingerprint density at radius 2 is 1.79 bits per heavy atom. The highest BCUT2D eigenvalue weighted by Gasteiger charge is 2.35. The van der Waals surface area contributed by atoms with Gasteiger partial charge in [-0.1, -0.05) is 12.1 Å². The number of benzene rings is 1. The van der Waals surface area contributed by atoms with E-state index in [0.29, 0.717) is 6.04 Å². The molecule has 2 nitrogen and oxygen atoms in total. The molecular formula is C16H25FN2. The first kappa shape index (κ1) is 14.5. The normalized spacial score (nSPS) is 18.7. The third-order valence-corrected chi connectivity index (χ3v) is 4.48. The van der Waals surface area contributed by atoms with Crippen LogP contribution in [0, 0.1) is 5.82 Å². The second-order valence-electron chi connectivity index (χ2n) is 6.02. The molecule has 1 unspecified atom stereocenters. The number of nitrogens with zero attached hydrogens (tertiary/aromatic N) is 1. The van der Waals surface area contributed by atoms with Crippen molar-refractivity contribution in [3.63, 3.8) is 0 Å². The van der Waals surface area contributed by atoms with Crippen LogP contribution >= 0.6 is 0 Å². The molecule has 2 rings (SSSR count). The van der Waals surface area contributed by atoms with Crippen molar-refractivity contribution in [1.82, 2.24) is 10.2 Å². The van der Waals surface area contributed by atoms with E-state index in [1.807, 2.05) is 19.2 Å². The van der Waals surface area contributed by atoms with Gasteiger partial charge in [0.25, 0.3) is 0 Å². The Kier molecular flexibility index (Phi) is 4.58. The van der Waals surface area contributed by atoms with Crippen LogP contribution in [0.3, 0.4) is 0 Å². The molecule has 1 aliphatic rings. The van der Waals surface area contributed by atoms with Gasteiger partial charge in [-0.25, -0.2) is 4.39 Å². The molecule has 0 saturated carbocycles. The minimum absolute atomic E-state index is 0.125. The van der Waals surface area contributed by atoms with Crippen LogP contribution in [0.25, 0.3) is 0 Å². The molecule has 1 aromatic carbocycles. The molecule has 1 aromatic rings. The molecule has 0 aliphatic carbocycles. The summed E-state index contributed by atoms with van der Waals surface area (Å²) in [5.41, 5.74) is 1.31. The fourth-order valence-corrected chi connectivity index (χ4v) is 3.08. The highest BCUT2D eigenvalue weighted by atomic mass is 19.1. The van der Waals surface area contributed by atoms with Gasteiger partial charge in [0.05, 0.1) is 0 Å². The number of hydrogen-bond donors (Lipinski definition) is 1. The zero-order valence-electron chi connectivity index (χ0n) is 12.2. The van der Waals surface area contributed by atoms with Gasteiger partial charge in [-0.15, -0.1) is 0 Å². The summed E-state index contributed by atoms with van der Waals surface area (Å²) in [7, 11) is 2.02. The van der Waals surface area contributed by atoms with Gasteiger partial charge in [0.15, 0.2) is 0 Å². The van der Waals surface area contributed by atoms with E-state index in [9.17, 15) is 4.39 Å². The number of nitrogens with one attached hydrogen (secondary N) is 1. The van der Waals surface area contributed by atoms with E-state index in [4.69, 9.17) is 0 Å². The lowest BCUT2D eigenvalue weighted by molar-refractivity contribution is 0.110. The lowest BCUT2D eigenvalue weighted by Gasteiger charge is -2.42. The van der Waals surface area contributed by atoms with Crippen molar-refractivity contribution in [1.29, 1.82) is 0 Å². The molecule has 3 heteroatoms. The molecule has 1 atom stereocenters. The van der Waals surface area contributed by atoms with Crippen molar-refractivity contribution in [2.45, 2.75) is 44.7 Å². The summed E-state index contributed by atoms with van der Waals surface area (Å²) in [6.45, 7) is 7.00. The highest BCUT2D eigenvalue weighted by molar-refractivity contribution is 5.18. The first-order valence-corrected chi connectivity index (χ1v) is 7.21. The lowest BCUT2D eigenvalue weighted by Crippen LogP contribution is -2.57. The van der Waals surface area contributed by atoms with Crippen molar-refractivity contribution >= 4 is 0 Å². The molecule has 19 heavy (non-hydrogen) atoms. The molecule has 1 saturated heterocycles. The van der Waals surface area contributed by atoms with Crippen LogP contribution in [0.4, 0.5) is 4.39 Å². The first-order valence-electron chi connectivity index (χ1n) is 7.21. The molecular weight excluding hydrogens is 239 g/mol. The van der Waals surface area contributed by atoms with Gasteiger partial charge >= 0.3 is 0 Å². The van der Waals surface area contributed by atoms with Gasteiger partial charge in [0.1, 0.15) is 5.82 Å². The molecule has 1 fully saturated rings. The summed E-state index contributed by atoms with van der Waals surface area (Å²) in [4.78, 5) is 2.57. The number of hydrogen-bond acceptors (Lipinski definition) is 2. The largest absolute Gasteiger partial charge is 0.315 e. The summed E-state index contributed by atoms with van der Waals surface area (Å²) in [6.07, 6.45) is 3.53. The van der Waals surface area contributed by atoms with Crippen molar-refractivity contribution in [2.75, 3.05) is 20.1 Å². The molecule has 0 amide bonds. The van der Waals surface area contributed by atoms with Crippen molar-refractivity contribution < 1.29 is 4.39 Å². The van der Waals surface area contributed by atoms with Gasteiger partial charge in [-0.05, 0) is 70.9 Å². The second-order valence-corrected chi connectivity index (χ2v) is 6.02. The Balaban J connectivity index is 2.08. The van der Waals surface area contributed by atoms with E-state index in [0.717, 1.165) is 6.42 Å². The van der Waals surface area contributed by atoms with Gasteiger partial charge in [-0.2, -0.15) is 0 Å². The Bertz CT molecular complexity index is 394. The third-order valence-electron chi connectivity index (χ3n) is 4.48. The summed E-state index contributed by atoms with van der Waals surface area (Å²) in [5.74, 6) is -0.163. The maximum Gasteiger partial charge on any atom is 0.123 e. The highest BCUT2D eigenvalue weighted by Crippen LogP contribution is 2.26. The van der Waals surface area contributed by atoms with Crippen molar-refractivity contribution in [2.24, 2.45) is 0 Å². The van der Waals surface area contributed by atoms with E-state index in [2.05, 4.69) is 24.1 Å². The predicted molar refractivity (Wildman–Crippen MR) is 77.8 cm³/mol. The number of likely N-dealkylation sites (tertiary alicyclic amines) is 1. The van der Waals surface area contributed by atoms with E-state index >= 15 is 0 Å². The monoisotopic (exact) mass is 264 g/mol. The molecule has 1 heterocycles. The maximum absolute atomic E-state index is 13.0. The van der Waals surface area contributed by atoms with Crippen LogP contribution in [0.15, 0.2) is 24.3 Å². The summed E-state index contributed by atoms with van der Waals surface area (Å²) in [5, 5.41) is 3.45. The minimum atomic E-state index is -0.163. The average Bonchev–Trinajstić information content (AvgIpc) is 2.92. The quantitative estimate of drug-likeness (QED) is 0.880. The Hall–Kier alpha value is -0.930. The fourth-order valence-electron chi connectivity index (χ4n) is 3.08. The Morgan fingerprint density at radius 1 is 1.21 bits per heavy atom. The van der Waals surface area contributed by atoms with Crippen LogP contribution in [0.5, 0.6) is 0 Å². The zero-order valence-corrected chi connectivity index (χ0v) is 12.2. The second kappa shape index (κ2) is 6.02. The van der Waals surface area contributed by atoms with Gasteiger partial charge in [0.2, 0.25) is 0 Å². The van der Waals surface area contributed by atoms with Crippen molar-refractivity contribution in [3.8, 4) is 0 Å². The summed E-state index contributed by atoms with van der Waals surface area (Å²) < 4.78 is 13.0. The van der Waals surface area contributed by atoms with Crippen LogP contribution in [-0.4, -0.2) is 36.6 Å². The first-order chi connectivity index (χ1) is 9.04. The maximum atomic E-state index is 13.0. The molecule has 0 spiro atoms. The van der Waals surface area contributed by atoms with E-state index < -0.39 is 0 Å². The molecule has 0 bridgehead atoms. The predicted octanol–water partition coefficient (Wildman–Crippen LogP) is 2.83. The number of likely N-dealkylation sites (N-methyl/N-ethyl adjacent to an activating group) is 1. The SMILES string of the molecule is CNC(Cc1ccc(F)cc1)C(C)(C)N1CCCC1. The number of rotatable bonds is 5. The standard InChI is InChI=1S/C16H25FN2/c1-16(2,19-10-4-5-11-19)15(18-3)12-13-6-8-14(17)9-7-13/h6-9,15,18H,4-5,10-12H2,1-3H3. The summed E-state index contributed by atoms with van der Waals surface area (Å²) in [6, 6.07) is 7.24. The topological polar surface area (TPSA) is 15.3 Å². The number of halogens is 1. The van der Waals surface area contributed by atoms with Crippen LogP contribution in [-0.2, 0) is 6.42 Å². The van der Waals surface area contributed by atoms with Crippen LogP contribution in [0.2, 0.25) is 0 Å². The van der Waals surface area contributed by atoms with Gasteiger partial charge < -0.3 is 5.32 Å². The molecule has 106 valence electrons. The average molecular weight is 264 g/mol. The van der Waals surface area contributed by atoms with Crippen molar-refractivity contribution in [3.05, 3.63) is 35.6 Å². The lowest BCUT2D eigenvalue weighted by atomic mass is 9.88. The fraction of sp³-hybridized carbons (Fsp3) is 0.625. The summed E-state index contributed by atoms with van der Waals surface area (Å²) >= 11 is 0. The van der Waals surface area contributed by atoms with Gasteiger partial charge in [-0.3, -0.25) is 4.90 Å².